The smallest absolute Gasteiger partial charge is 0.187 e. The minimum atomic E-state index is -0.389. The predicted octanol–water partition coefficient (Wildman–Crippen LogP) is 3.24. The number of hydrogen-bond donors (Lipinski definition) is 1. The molecule has 0 atom stereocenters. The predicted molar refractivity (Wildman–Crippen MR) is 93.8 cm³/mol. The first-order chi connectivity index (χ1) is 12.3. The van der Waals surface area contributed by atoms with Gasteiger partial charge in [-0.05, 0) is 48.2 Å². The molecule has 1 saturated heterocycles. The molecule has 2 aromatic rings. The number of aliphatic hydroxyl groups is 1. The van der Waals surface area contributed by atoms with Crippen molar-refractivity contribution in [2.75, 3.05) is 26.9 Å². The molecule has 1 N–H and O–H groups in total. The molecule has 5 heteroatoms. The third kappa shape index (κ3) is 4.72. The zero-order chi connectivity index (χ0) is 17.5. The van der Waals surface area contributed by atoms with Crippen LogP contribution in [0.3, 0.4) is 0 Å². The Morgan fingerprint density at radius 2 is 1.76 bits per heavy atom. The molecule has 2 aromatic carbocycles. The Bertz CT molecular complexity index is 662. The van der Waals surface area contributed by atoms with E-state index in [1.165, 1.54) is 0 Å². The van der Waals surface area contributed by atoms with Crippen LogP contribution >= 0.6 is 0 Å². The van der Waals surface area contributed by atoms with Crippen molar-refractivity contribution < 1.29 is 24.1 Å². The van der Waals surface area contributed by atoms with E-state index in [-0.39, 0.29) is 12.9 Å². The van der Waals surface area contributed by atoms with Gasteiger partial charge in [0.1, 0.15) is 18.1 Å². The van der Waals surface area contributed by atoms with Gasteiger partial charge in [-0.3, -0.25) is 0 Å². The average Bonchev–Trinajstić information content (AvgIpc) is 3.20. The van der Waals surface area contributed by atoms with E-state index in [4.69, 9.17) is 24.1 Å². The van der Waals surface area contributed by atoms with Crippen LogP contribution in [0.1, 0.15) is 29.4 Å². The summed E-state index contributed by atoms with van der Waals surface area (Å²) in [7, 11) is 1.65. The van der Waals surface area contributed by atoms with Gasteiger partial charge in [0.2, 0.25) is 0 Å². The van der Waals surface area contributed by atoms with Crippen LogP contribution in [0.5, 0.6) is 11.5 Å². The van der Waals surface area contributed by atoms with Gasteiger partial charge < -0.3 is 24.1 Å². The van der Waals surface area contributed by atoms with Crippen LogP contribution in [-0.4, -0.2) is 32.0 Å². The summed E-state index contributed by atoms with van der Waals surface area (Å²) in [5.74, 6) is 1.58. The van der Waals surface area contributed by atoms with Gasteiger partial charge in [0, 0.05) is 6.61 Å². The molecule has 1 aliphatic heterocycles. The van der Waals surface area contributed by atoms with Crippen molar-refractivity contribution in [1.82, 2.24) is 0 Å². The van der Waals surface area contributed by atoms with Crippen LogP contribution in [0.2, 0.25) is 0 Å². The molecule has 1 fully saturated rings. The molecule has 5 nitrogen and oxygen atoms in total. The van der Waals surface area contributed by atoms with Crippen LogP contribution in [0.15, 0.2) is 42.5 Å². The summed E-state index contributed by atoms with van der Waals surface area (Å²) in [6.45, 7) is 1.81. The highest BCUT2D eigenvalue weighted by Crippen LogP contribution is 2.33. The van der Waals surface area contributed by atoms with Crippen molar-refractivity contribution in [3.8, 4) is 11.5 Å². The standard InChI is InChI=1S/C20H24O5/c1-22-17-7-4-16(5-8-17)14-25-19-9-6-15(3-2-10-21)13-18(19)20-23-11-12-24-20/h4-9,13,20-21H,2-3,10-12,14H2,1H3. The normalized spacial score (nSPS) is 14.6. The minimum absolute atomic E-state index is 0.182. The quantitative estimate of drug-likeness (QED) is 0.797. The fourth-order valence-corrected chi connectivity index (χ4v) is 2.77. The summed E-state index contributed by atoms with van der Waals surface area (Å²) in [5.41, 5.74) is 3.10. The van der Waals surface area contributed by atoms with Crippen molar-refractivity contribution >= 4 is 0 Å². The maximum Gasteiger partial charge on any atom is 0.187 e. The zero-order valence-corrected chi connectivity index (χ0v) is 14.4. The van der Waals surface area contributed by atoms with Gasteiger partial charge in [-0.15, -0.1) is 0 Å². The Hall–Kier alpha value is -2.08. The lowest BCUT2D eigenvalue weighted by Gasteiger charge is -2.17. The van der Waals surface area contributed by atoms with E-state index in [9.17, 15) is 0 Å². The summed E-state index contributed by atoms with van der Waals surface area (Å²) < 4.78 is 22.5. The second kappa shape index (κ2) is 8.85. The van der Waals surface area contributed by atoms with E-state index in [0.29, 0.717) is 19.8 Å². The molecule has 0 spiro atoms. The molecule has 1 aliphatic rings. The lowest BCUT2D eigenvalue weighted by atomic mass is 10.1. The second-order valence-electron chi connectivity index (χ2n) is 5.91. The Morgan fingerprint density at radius 3 is 2.44 bits per heavy atom. The van der Waals surface area contributed by atoms with E-state index in [1.54, 1.807) is 7.11 Å². The van der Waals surface area contributed by atoms with Gasteiger partial charge in [-0.25, -0.2) is 0 Å². The van der Waals surface area contributed by atoms with E-state index in [0.717, 1.165) is 41.0 Å². The highest BCUT2D eigenvalue weighted by atomic mass is 16.7. The van der Waals surface area contributed by atoms with Crippen molar-refractivity contribution in [2.24, 2.45) is 0 Å². The number of methoxy groups -OCH3 is 1. The summed E-state index contributed by atoms with van der Waals surface area (Å²) >= 11 is 0. The summed E-state index contributed by atoms with van der Waals surface area (Å²) in [5, 5.41) is 9.03. The van der Waals surface area contributed by atoms with E-state index in [2.05, 4.69) is 6.07 Å². The summed E-state index contributed by atoms with van der Waals surface area (Å²) in [4.78, 5) is 0. The molecular formula is C20H24O5. The van der Waals surface area contributed by atoms with Gasteiger partial charge in [0.25, 0.3) is 0 Å². The number of aryl methyl sites for hydroxylation is 1. The maximum absolute atomic E-state index is 9.03. The first-order valence-electron chi connectivity index (χ1n) is 8.53. The minimum Gasteiger partial charge on any atom is -0.497 e. The molecule has 25 heavy (non-hydrogen) atoms. The molecule has 0 aromatic heterocycles. The summed E-state index contributed by atoms with van der Waals surface area (Å²) in [6, 6.07) is 13.8. The van der Waals surface area contributed by atoms with Gasteiger partial charge in [-0.1, -0.05) is 18.2 Å². The SMILES string of the molecule is COc1ccc(COc2ccc(CCCO)cc2C2OCCO2)cc1. The van der Waals surface area contributed by atoms with Crippen LogP contribution in [-0.2, 0) is 22.5 Å². The number of aliphatic hydroxyl groups excluding tert-OH is 1. The van der Waals surface area contributed by atoms with Gasteiger partial charge in [-0.2, -0.15) is 0 Å². The van der Waals surface area contributed by atoms with Crippen molar-refractivity contribution in [3.05, 3.63) is 59.2 Å². The highest BCUT2D eigenvalue weighted by Gasteiger charge is 2.22. The largest absolute Gasteiger partial charge is 0.497 e. The second-order valence-corrected chi connectivity index (χ2v) is 5.91. The van der Waals surface area contributed by atoms with E-state index >= 15 is 0 Å². The summed E-state index contributed by atoms with van der Waals surface area (Å²) in [6.07, 6.45) is 1.16. The fourth-order valence-electron chi connectivity index (χ4n) is 2.77. The van der Waals surface area contributed by atoms with E-state index in [1.807, 2.05) is 36.4 Å². The molecule has 134 valence electrons. The van der Waals surface area contributed by atoms with Crippen molar-refractivity contribution in [2.45, 2.75) is 25.7 Å². The van der Waals surface area contributed by atoms with E-state index < -0.39 is 0 Å². The third-order valence-electron chi connectivity index (χ3n) is 4.13. The molecule has 3 rings (SSSR count). The Balaban J connectivity index is 1.73. The number of ether oxygens (including phenoxy) is 4. The molecule has 0 unspecified atom stereocenters. The molecule has 0 amide bonds. The lowest BCUT2D eigenvalue weighted by Crippen LogP contribution is -2.05. The molecule has 0 aliphatic carbocycles. The van der Waals surface area contributed by atoms with Gasteiger partial charge in [0.15, 0.2) is 6.29 Å². The molecule has 1 heterocycles. The number of benzene rings is 2. The molecule has 0 saturated carbocycles. The first kappa shape index (κ1) is 17.7. The van der Waals surface area contributed by atoms with Crippen LogP contribution < -0.4 is 9.47 Å². The Labute approximate surface area is 148 Å². The fraction of sp³-hybridized carbons (Fsp3) is 0.400. The number of rotatable bonds is 8. The van der Waals surface area contributed by atoms with Gasteiger partial charge >= 0.3 is 0 Å². The number of hydrogen-bond acceptors (Lipinski definition) is 5. The van der Waals surface area contributed by atoms with Crippen molar-refractivity contribution in [3.63, 3.8) is 0 Å². The van der Waals surface area contributed by atoms with Crippen LogP contribution in [0, 0.1) is 0 Å². The van der Waals surface area contributed by atoms with Crippen LogP contribution in [0.4, 0.5) is 0 Å². The maximum atomic E-state index is 9.03. The molecular weight excluding hydrogens is 320 g/mol. The average molecular weight is 344 g/mol. The topological polar surface area (TPSA) is 57.2 Å². The van der Waals surface area contributed by atoms with Crippen LogP contribution in [0.25, 0.3) is 0 Å². The monoisotopic (exact) mass is 344 g/mol. The first-order valence-corrected chi connectivity index (χ1v) is 8.53. The van der Waals surface area contributed by atoms with Gasteiger partial charge in [0.05, 0.1) is 25.9 Å². The van der Waals surface area contributed by atoms with Crippen molar-refractivity contribution in [1.29, 1.82) is 0 Å². The zero-order valence-electron chi connectivity index (χ0n) is 14.4. The molecule has 0 bridgehead atoms. The Morgan fingerprint density at radius 1 is 1.04 bits per heavy atom. The Kier molecular flexibility index (Phi) is 6.28. The lowest BCUT2D eigenvalue weighted by molar-refractivity contribution is -0.0459. The molecule has 0 radical (unpaired) electrons. The highest BCUT2D eigenvalue weighted by molar-refractivity contribution is 5.39. The third-order valence-corrected chi connectivity index (χ3v) is 4.13.